The van der Waals surface area contributed by atoms with Crippen LogP contribution in [-0.4, -0.2) is 35.3 Å². The first-order valence-corrected chi connectivity index (χ1v) is 10.7. The second-order valence-electron chi connectivity index (χ2n) is 7.70. The average molecular weight is 493 g/mol. The zero-order chi connectivity index (χ0) is 24.6. The van der Waals surface area contributed by atoms with E-state index in [9.17, 15) is 22.8 Å². The molecule has 0 aliphatic carbocycles. The van der Waals surface area contributed by atoms with Crippen molar-refractivity contribution in [3.63, 3.8) is 0 Å². The number of nitrogens with one attached hydrogen (secondary N) is 1. The number of benzene rings is 2. The lowest BCUT2D eigenvalue weighted by Gasteiger charge is -2.21. The number of anilines is 2. The second kappa shape index (κ2) is 9.02. The molecule has 0 fully saturated rings. The second-order valence-corrected chi connectivity index (χ2v) is 8.14. The fourth-order valence-corrected chi connectivity index (χ4v) is 3.97. The summed E-state index contributed by atoms with van der Waals surface area (Å²) in [6.07, 6.45) is -4.82. The van der Waals surface area contributed by atoms with E-state index < -0.39 is 35.4 Å². The maximum Gasteiger partial charge on any atom is 0.436 e. The Balaban J connectivity index is 1.67. The maximum absolute atomic E-state index is 13.8. The van der Waals surface area contributed by atoms with Crippen LogP contribution in [0, 0.1) is 0 Å². The average Bonchev–Trinajstić information content (AvgIpc) is 3.39. The Hall–Kier alpha value is -3.53. The normalized spacial score (nSPS) is 14.0. The summed E-state index contributed by atoms with van der Waals surface area (Å²) in [6.45, 7) is 2.19. The lowest BCUT2D eigenvalue weighted by atomic mass is 10.1. The van der Waals surface area contributed by atoms with Gasteiger partial charge in [-0.1, -0.05) is 23.7 Å². The Labute approximate surface area is 198 Å². The van der Waals surface area contributed by atoms with Crippen molar-refractivity contribution in [2.45, 2.75) is 25.7 Å². The predicted molar refractivity (Wildman–Crippen MR) is 119 cm³/mol. The van der Waals surface area contributed by atoms with Crippen molar-refractivity contribution in [3.8, 4) is 0 Å². The maximum atomic E-state index is 13.8. The van der Waals surface area contributed by atoms with Crippen LogP contribution >= 0.6 is 11.6 Å². The van der Waals surface area contributed by atoms with Gasteiger partial charge in [0.2, 0.25) is 0 Å². The van der Waals surface area contributed by atoms with Crippen LogP contribution in [0.1, 0.15) is 44.9 Å². The van der Waals surface area contributed by atoms with Gasteiger partial charge in [-0.3, -0.25) is 4.79 Å². The van der Waals surface area contributed by atoms with Gasteiger partial charge in [-0.15, -0.1) is 0 Å². The molecule has 0 saturated carbocycles. The minimum atomic E-state index is -4.82. The number of alkyl halides is 3. The van der Waals surface area contributed by atoms with Crippen LogP contribution in [0.5, 0.6) is 0 Å². The fraction of sp³-hybridized carbons (Fsp3) is 0.261. The molecule has 178 valence electrons. The Morgan fingerprint density at radius 1 is 1.09 bits per heavy atom. The highest BCUT2D eigenvalue weighted by molar-refractivity contribution is 6.30. The Morgan fingerprint density at radius 3 is 2.32 bits per heavy atom. The monoisotopic (exact) mass is 492 g/mol. The predicted octanol–water partition coefficient (Wildman–Crippen LogP) is 4.98. The molecule has 34 heavy (non-hydrogen) atoms. The van der Waals surface area contributed by atoms with E-state index in [0.29, 0.717) is 28.4 Å². The van der Waals surface area contributed by atoms with Crippen LogP contribution in [-0.2, 0) is 17.5 Å². The first-order valence-electron chi connectivity index (χ1n) is 10.3. The Bertz CT molecular complexity index is 1220. The van der Waals surface area contributed by atoms with Gasteiger partial charge in [0, 0.05) is 17.3 Å². The molecule has 7 nitrogen and oxygen atoms in total. The number of halogens is 4. The minimum absolute atomic E-state index is 0.0698. The number of aromatic nitrogens is 2. The quantitative estimate of drug-likeness (QED) is 0.508. The van der Waals surface area contributed by atoms with Crippen LogP contribution in [0.25, 0.3) is 0 Å². The molecule has 11 heteroatoms. The van der Waals surface area contributed by atoms with Crippen molar-refractivity contribution in [3.05, 3.63) is 75.9 Å². The summed E-state index contributed by atoms with van der Waals surface area (Å²) in [5.74, 6) is -1.35. The number of rotatable bonds is 5. The van der Waals surface area contributed by atoms with Crippen molar-refractivity contribution in [2.24, 2.45) is 0 Å². The van der Waals surface area contributed by atoms with E-state index in [1.807, 2.05) is 0 Å². The van der Waals surface area contributed by atoms with Crippen molar-refractivity contribution in [1.82, 2.24) is 15.1 Å². The summed E-state index contributed by atoms with van der Waals surface area (Å²) >= 11 is 5.94. The van der Waals surface area contributed by atoms with Crippen LogP contribution in [0.4, 0.5) is 24.7 Å². The molecule has 0 bridgehead atoms. The molecule has 1 aliphatic rings. The lowest BCUT2D eigenvalue weighted by molar-refractivity contribution is -0.141. The largest absolute Gasteiger partial charge is 0.465 e. The molecule has 1 unspecified atom stereocenters. The van der Waals surface area contributed by atoms with Gasteiger partial charge in [0.1, 0.15) is 11.4 Å². The number of methoxy groups -OCH3 is 1. The van der Waals surface area contributed by atoms with Gasteiger partial charge in [0.05, 0.1) is 25.3 Å². The summed E-state index contributed by atoms with van der Waals surface area (Å²) in [5.41, 5.74) is -0.271. The van der Waals surface area contributed by atoms with Crippen molar-refractivity contribution >= 4 is 35.0 Å². The van der Waals surface area contributed by atoms with E-state index in [2.05, 4.69) is 15.2 Å². The molecule has 2 heterocycles. The third kappa shape index (κ3) is 4.45. The van der Waals surface area contributed by atoms with Gasteiger partial charge in [0.25, 0.3) is 5.91 Å². The molecular formula is C23H20ClF3N4O3. The highest BCUT2D eigenvalue weighted by atomic mass is 35.5. The van der Waals surface area contributed by atoms with Gasteiger partial charge in [-0.25, -0.2) is 9.48 Å². The number of carbonyl (C=O) groups is 2. The topological polar surface area (TPSA) is 76.5 Å². The van der Waals surface area contributed by atoms with E-state index in [1.54, 1.807) is 48.2 Å². The number of esters is 1. The summed E-state index contributed by atoms with van der Waals surface area (Å²) in [6, 6.07) is 12.2. The molecule has 1 amide bonds. The molecule has 0 radical (unpaired) electrons. The molecule has 0 spiro atoms. The third-order valence-electron chi connectivity index (χ3n) is 5.53. The van der Waals surface area contributed by atoms with Crippen LogP contribution in [0.2, 0.25) is 5.02 Å². The number of nitrogens with zero attached hydrogens (tertiary/aromatic N) is 3. The van der Waals surface area contributed by atoms with Crippen LogP contribution in [0.3, 0.4) is 0 Å². The highest BCUT2D eigenvalue weighted by Crippen LogP contribution is 2.41. The minimum Gasteiger partial charge on any atom is -0.465 e. The smallest absolute Gasteiger partial charge is 0.436 e. The SMILES string of the molecule is COC(=O)c1ccc(C(C)NC(=O)c2c(C(F)(F)F)nn3c2N(c2ccc(Cl)cc2)CC3)cc1. The van der Waals surface area contributed by atoms with E-state index >= 15 is 0 Å². The van der Waals surface area contributed by atoms with Gasteiger partial charge < -0.3 is 15.0 Å². The summed E-state index contributed by atoms with van der Waals surface area (Å²) in [4.78, 5) is 26.4. The molecule has 3 aromatic rings. The number of ether oxygens (including phenoxy) is 1. The van der Waals surface area contributed by atoms with Gasteiger partial charge >= 0.3 is 12.1 Å². The summed E-state index contributed by atoms with van der Waals surface area (Å²) < 4.78 is 47.3. The number of amides is 1. The molecule has 4 rings (SSSR count). The molecular weight excluding hydrogens is 473 g/mol. The standard InChI is InChI=1S/C23H20ClF3N4O3/c1-13(14-3-5-15(6-4-14)22(33)34-2)28-20(32)18-19(23(25,26)27)29-31-12-11-30(21(18)31)17-9-7-16(24)8-10-17/h3-10,13H,11-12H2,1-2H3,(H,28,32). The van der Waals surface area contributed by atoms with Crippen LogP contribution < -0.4 is 10.2 Å². The lowest BCUT2D eigenvalue weighted by Crippen LogP contribution is -2.30. The molecule has 1 aliphatic heterocycles. The fourth-order valence-electron chi connectivity index (χ4n) is 3.84. The highest BCUT2D eigenvalue weighted by Gasteiger charge is 2.44. The zero-order valence-corrected chi connectivity index (χ0v) is 18.9. The molecule has 2 aromatic carbocycles. The van der Waals surface area contributed by atoms with E-state index in [4.69, 9.17) is 11.6 Å². The van der Waals surface area contributed by atoms with Gasteiger partial charge in [-0.05, 0) is 48.9 Å². The van der Waals surface area contributed by atoms with E-state index in [-0.39, 0.29) is 12.4 Å². The summed E-state index contributed by atoms with van der Waals surface area (Å²) in [7, 11) is 1.26. The van der Waals surface area contributed by atoms with Crippen molar-refractivity contribution in [1.29, 1.82) is 0 Å². The Kier molecular flexibility index (Phi) is 6.26. The van der Waals surface area contributed by atoms with E-state index in [0.717, 1.165) is 0 Å². The number of hydrogen-bond donors (Lipinski definition) is 1. The van der Waals surface area contributed by atoms with Gasteiger partial charge in [0.15, 0.2) is 5.69 Å². The Morgan fingerprint density at radius 2 is 1.74 bits per heavy atom. The third-order valence-corrected chi connectivity index (χ3v) is 5.78. The van der Waals surface area contributed by atoms with Crippen molar-refractivity contribution < 1.29 is 27.5 Å². The molecule has 0 saturated heterocycles. The van der Waals surface area contributed by atoms with E-state index in [1.165, 1.54) is 23.9 Å². The van der Waals surface area contributed by atoms with Crippen LogP contribution in [0.15, 0.2) is 48.5 Å². The number of fused-ring (bicyclic) bond motifs is 1. The first-order chi connectivity index (χ1) is 16.1. The van der Waals surface area contributed by atoms with Gasteiger partial charge in [-0.2, -0.15) is 18.3 Å². The molecule has 1 N–H and O–H groups in total. The molecule has 1 aromatic heterocycles. The summed E-state index contributed by atoms with van der Waals surface area (Å²) in [5, 5.41) is 6.82. The van der Waals surface area contributed by atoms with Crippen molar-refractivity contribution in [2.75, 3.05) is 18.6 Å². The molecule has 1 atom stereocenters. The number of carbonyl (C=O) groups excluding carboxylic acids is 2. The zero-order valence-electron chi connectivity index (χ0n) is 18.2. The first kappa shape index (κ1) is 23.6. The number of hydrogen-bond acceptors (Lipinski definition) is 5.